The van der Waals surface area contributed by atoms with Gasteiger partial charge in [0.15, 0.2) is 17.3 Å². The van der Waals surface area contributed by atoms with Crippen LogP contribution in [0.4, 0.5) is 17.1 Å². The number of furan rings is 1. The first kappa shape index (κ1) is 28.9. The van der Waals surface area contributed by atoms with Gasteiger partial charge in [-0.15, -0.1) is 0 Å². The SMILES string of the molecule is c1ccc(-c2nc(-c3cc(-c4ccncc4)cc(N4c5ccccc5Oc5ccccc54)c3)cc(-c3cccc4oc5ccccc5c34)n2)cc1. The minimum Gasteiger partial charge on any atom is -0.456 e. The predicted molar refractivity (Wildman–Crippen MR) is 204 cm³/mol. The third kappa shape index (κ3) is 5.01. The largest absolute Gasteiger partial charge is 0.456 e. The van der Waals surface area contributed by atoms with E-state index in [-0.39, 0.29) is 0 Å². The van der Waals surface area contributed by atoms with E-state index in [9.17, 15) is 0 Å². The fourth-order valence-electron chi connectivity index (χ4n) is 7.02. The molecule has 10 rings (SSSR count). The summed E-state index contributed by atoms with van der Waals surface area (Å²) in [6.07, 6.45) is 3.65. The van der Waals surface area contributed by atoms with Gasteiger partial charge >= 0.3 is 0 Å². The molecule has 0 aliphatic carbocycles. The first-order valence-corrected chi connectivity index (χ1v) is 16.8. The Kier molecular flexibility index (Phi) is 6.70. The number of anilines is 3. The fourth-order valence-corrected chi connectivity index (χ4v) is 7.02. The average Bonchev–Trinajstić information content (AvgIpc) is 3.59. The summed E-state index contributed by atoms with van der Waals surface area (Å²) in [6.45, 7) is 0. The van der Waals surface area contributed by atoms with Crippen molar-refractivity contribution in [3.05, 3.63) is 170 Å². The fraction of sp³-hybridized carbons (Fsp3) is 0. The van der Waals surface area contributed by atoms with Crippen molar-refractivity contribution in [2.75, 3.05) is 4.90 Å². The number of hydrogen-bond acceptors (Lipinski definition) is 6. The second-order valence-electron chi connectivity index (χ2n) is 12.5. The van der Waals surface area contributed by atoms with Crippen LogP contribution in [-0.2, 0) is 0 Å². The smallest absolute Gasteiger partial charge is 0.160 e. The molecular weight excluding hydrogens is 629 g/mol. The summed E-state index contributed by atoms with van der Waals surface area (Å²) < 4.78 is 12.7. The molecule has 51 heavy (non-hydrogen) atoms. The Labute approximate surface area is 293 Å². The Balaban J connectivity index is 1.24. The quantitative estimate of drug-likeness (QED) is 0.184. The minimum absolute atomic E-state index is 0.644. The Morgan fingerprint density at radius 2 is 1.14 bits per heavy atom. The van der Waals surface area contributed by atoms with Gasteiger partial charge in [-0.25, -0.2) is 9.97 Å². The highest BCUT2D eigenvalue weighted by Crippen LogP contribution is 2.51. The molecule has 3 aromatic heterocycles. The van der Waals surface area contributed by atoms with Gasteiger partial charge in [-0.3, -0.25) is 4.98 Å². The van der Waals surface area contributed by atoms with Crippen LogP contribution in [0.2, 0.25) is 0 Å². The van der Waals surface area contributed by atoms with Gasteiger partial charge in [-0.2, -0.15) is 0 Å². The summed E-state index contributed by atoms with van der Waals surface area (Å²) in [7, 11) is 0. The maximum atomic E-state index is 6.37. The second kappa shape index (κ2) is 11.8. The zero-order valence-corrected chi connectivity index (χ0v) is 27.3. The molecule has 1 aliphatic rings. The van der Waals surface area contributed by atoms with Gasteiger partial charge in [-0.1, -0.05) is 84.9 Å². The summed E-state index contributed by atoms with van der Waals surface area (Å²) in [5.74, 6) is 2.23. The number of para-hydroxylation sites is 5. The van der Waals surface area contributed by atoms with Crippen LogP contribution in [0, 0.1) is 0 Å². The highest BCUT2D eigenvalue weighted by molar-refractivity contribution is 6.12. The number of fused-ring (bicyclic) bond motifs is 5. The molecule has 0 N–H and O–H groups in total. The van der Waals surface area contributed by atoms with Crippen LogP contribution < -0.4 is 9.64 Å². The Morgan fingerprint density at radius 1 is 0.471 bits per heavy atom. The molecule has 240 valence electrons. The van der Waals surface area contributed by atoms with Gasteiger partial charge in [-0.05, 0) is 83.9 Å². The lowest BCUT2D eigenvalue weighted by molar-refractivity contribution is 0.477. The molecule has 0 saturated heterocycles. The van der Waals surface area contributed by atoms with Crippen LogP contribution in [0.15, 0.2) is 175 Å². The van der Waals surface area contributed by atoms with E-state index in [1.54, 1.807) is 0 Å². The number of nitrogens with zero attached hydrogens (tertiary/aromatic N) is 4. The third-order valence-electron chi connectivity index (χ3n) is 9.35. The van der Waals surface area contributed by atoms with E-state index in [0.717, 1.165) is 89.7 Å². The van der Waals surface area contributed by atoms with Crippen molar-refractivity contribution in [3.8, 4) is 56.5 Å². The van der Waals surface area contributed by atoms with Crippen molar-refractivity contribution in [1.29, 1.82) is 0 Å². The number of ether oxygens (including phenoxy) is 1. The molecule has 0 bridgehead atoms. The number of aromatic nitrogens is 3. The van der Waals surface area contributed by atoms with E-state index in [4.69, 9.17) is 19.1 Å². The van der Waals surface area contributed by atoms with Crippen molar-refractivity contribution >= 4 is 39.0 Å². The summed E-state index contributed by atoms with van der Waals surface area (Å²) in [6, 6.07) is 53.6. The van der Waals surface area contributed by atoms with Gasteiger partial charge in [0, 0.05) is 45.5 Å². The molecule has 6 aromatic carbocycles. The predicted octanol–water partition coefficient (Wildman–Crippen LogP) is 12.0. The number of hydrogen-bond donors (Lipinski definition) is 0. The minimum atomic E-state index is 0.644. The van der Waals surface area contributed by atoms with Crippen LogP contribution >= 0.6 is 0 Å². The molecule has 9 aromatic rings. The van der Waals surface area contributed by atoms with Crippen LogP contribution in [0.5, 0.6) is 11.5 Å². The number of rotatable bonds is 5. The van der Waals surface area contributed by atoms with E-state index in [1.165, 1.54) is 0 Å². The zero-order chi connectivity index (χ0) is 33.7. The Bertz CT molecular complexity index is 2700. The highest BCUT2D eigenvalue weighted by atomic mass is 16.5. The standard InChI is InChI=1S/C45H28N4O2/c1-2-11-30(12-3-1)45-47-36(28-37(48-45)34-14-10-20-43-44(34)35-13-4-7-17-40(35)50-43)32-25-31(29-21-23-46-24-22-29)26-33(27-32)49-38-15-5-8-18-41(38)51-42-19-9-6-16-39(42)49/h1-28H. The van der Waals surface area contributed by atoms with Gasteiger partial charge in [0.1, 0.15) is 11.2 Å². The summed E-state index contributed by atoms with van der Waals surface area (Å²) >= 11 is 0. The maximum Gasteiger partial charge on any atom is 0.160 e. The van der Waals surface area contributed by atoms with E-state index >= 15 is 0 Å². The average molecular weight is 657 g/mol. The van der Waals surface area contributed by atoms with Crippen molar-refractivity contribution < 1.29 is 9.15 Å². The summed E-state index contributed by atoms with van der Waals surface area (Å²) in [5, 5.41) is 2.08. The molecule has 4 heterocycles. The van der Waals surface area contributed by atoms with Gasteiger partial charge < -0.3 is 14.1 Å². The first-order valence-electron chi connectivity index (χ1n) is 16.8. The molecule has 0 spiro atoms. The van der Waals surface area contributed by atoms with Crippen molar-refractivity contribution in [2.45, 2.75) is 0 Å². The van der Waals surface area contributed by atoms with Crippen LogP contribution in [0.25, 0.3) is 67.0 Å². The molecular formula is C45H28N4O2. The number of pyridine rings is 1. The van der Waals surface area contributed by atoms with E-state index < -0.39 is 0 Å². The lowest BCUT2D eigenvalue weighted by Crippen LogP contribution is -2.15. The molecule has 0 radical (unpaired) electrons. The van der Waals surface area contributed by atoms with Crippen molar-refractivity contribution in [3.63, 3.8) is 0 Å². The van der Waals surface area contributed by atoms with E-state index in [0.29, 0.717) is 5.82 Å². The second-order valence-corrected chi connectivity index (χ2v) is 12.5. The molecule has 6 nitrogen and oxygen atoms in total. The molecule has 0 saturated carbocycles. The molecule has 0 amide bonds. The molecule has 0 atom stereocenters. The lowest BCUT2D eigenvalue weighted by atomic mass is 9.98. The molecule has 0 unspecified atom stereocenters. The Morgan fingerprint density at radius 3 is 1.94 bits per heavy atom. The van der Waals surface area contributed by atoms with Crippen LogP contribution in [0.3, 0.4) is 0 Å². The van der Waals surface area contributed by atoms with E-state index in [2.05, 4.69) is 70.5 Å². The first-order chi connectivity index (χ1) is 25.3. The highest BCUT2D eigenvalue weighted by Gasteiger charge is 2.26. The third-order valence-corrected chi connectivity index (χ3v) is 9.35. The monoisotopic (exact) mass is 656 g/mol. The van der Waals surface area contributed by atoms with Crippen molar-refractivity contribution in [1.82, 2.24) is 15.0 Å². The van der Waals surface area contributed by atoms with Gasteiger partial charge in [0.2, 0.25) is 0 Å². The van der Waals surface area contributed by atoms with Gasteiger partial charge in [0.05, 0.1) is 22.8 Å². The summed E-state index contributed by atoms with van der Waals surface area (Å²) in [4.78, 5) is 17.0. The van der Waals surface area contributed by atoms with Gasteiger partial charge in [0.25, 0.3) is 0 Å². The van der Waals surface area contributed by atoms with Crippen LogP contribution in [-0.4, -0.2) is 15.0 Å². The lowest BCUT2D eigenvalue weighted by Gasteiger charge is -2.33. The molecule has 1 aliphatic heterocycles. The Hall–Kier alpha value is -7.05. The maximum absolute atomic E-state index is 6.37. The molecule has 0 fully saturated rings. The van der Waals surface area contributed by atoms with E-state index in [1.807, 2.05) is 109 Å². The summed E-state index contributed by atoms with van der Waals surface area (Å²) in [5.41, 5.74) is 11.1. The molecule has 6 heteroatoms. The normalized spacial score (nSPS) is 12.0. The number of benzene rings is 6. The zero-order valence-electron chi connectivity index (χ0n) is 27.3. The topological polar surface area (TPSA) is 64.3 Å². The van der Waals surface area contributed by atoms with Crippen molar-refractivity contribution in [2.24, 2.45) is 0 Å². The van der Waals surface area contributed by atoms with Crippen LogP contribution in [0.1, 0.15) is 0 Å².